The Morgan fingerprint density at radius 3 is 2.64 bits per heavy atom. The lowest BCUT2D eigenvalue weighted by Gasteiger charge is -2.23. The van der Waals surface area contributed by atoms with E-state index in [1.54, 1.807) is 24.0 Å². The maximum absolute atomic E-state index is 12.0. The summed E-state index contributed by atoms with van der Waals surface area (Å²) in [5, 5.41) is 6.77. The summed E-state index contributed by atoms with van der Waals surface area (Å²) < 4.78 is 7.33. The molecule has 0 aliphatic heterocycles. The summed E-state index contributed by atoms with van der Waals surface area (Å²) in [5.41, 5.74) is 2.23. The molecular formula is C17H23N3O2. The summed E-state index contributed by atoms with van der Waals surface area (Å²) >= 11 is 0. The summed E-state index contributed by atoms with van der Waals surface area (Å²) in [4.78, 5) is 12.0. The van der Waals surface area contributed by atoms with Gasteiger partial charge in [0.2, 0.25) is 0 Å². The van der Waals surface area contributed by atoms with Crippen molar-refractivity contribution in [2.45, 2.75) is 33.1 Å². The van der Waals surface area contributed by atoms with Crippen LogP contribution in [0.3, 0.4) is 0 Å². The Kier molecular flexibility index (Phi) is 4.54. The van der Waals surface area contributed by atoms with Gasteiger partial charge in [0.25, 0.3) is 5.91 Å². The number of ether oxygens (including phenoxy) is 1. The molecule has 1 N–H and O–H groups in total. The first-order valence-electron chi connectivity index (χ1n) is 7.29. The van der Waals surface area contributed by atoms with Gasteiger partial charge < -0.3 is 10.1 Å². The van der Waals surface area contributed by atoms with Gasteiger partial charge in [-0.3, -0.25) is 9.48 Å². The van der Waals surface area contributed by atoms with Gasteiger partial charge in [0, 0.05) is 13.1 Å². The minimum Gasteiger partial charge on any atom is -0.483 e. The molecule has 5 heteroatoms. The average Bonchev–Trinajstić information content (AvgIpc) is 2.82. The smallest absolute Gasteiger partial charge is 0.263 e. The number of hydrogen-bond donors (Lipinski definition) is 1. The highest BCUT2D eigenvalue weighted by molar-refractivity contribution is 5.91. The molecular weight excluding hydrogens is 278 g/mol. The highest BCUT2D eigenvalue weighted by Gasteiger charge is 2.19. The van der Waals surface area contributed by atoms with Crippen molar-refractivity contribution < 1.29 is 9.53 Å². The minimum absolute atomic E-state index is 0.0304. The predicted octanol–water partition coefficient (Wildman–Crippen LogP) is 3.04. The highest BCUT2D eigenvalue weighted by Crippen LogP contribution is 2.32. The van der Waals surface area contributed by atoms with Crippen molar-refractivity contribution in [2.24, 2.45) is 7.05 Å². The van der Waals surface area contributed by atoms with E-state index >= 15 is 0 Å². The zero-order chi connectivity index (χ0) is 16.3. The molecule has 118 valence electrons. The fraction of sp³-hybridized carbons (Fsp3) is 0.412. The fourth-order valence-electron chi connectivity index (χ4n) is 2.17. The minimum atomic E-state index is -0.205. The Morgan fingerprint density at radius 2 is 2.05 bits per heavy atom. The molecule has 1 aromatic heterocycles. The van der Waals surface area contributed by atoms with Crippen molar-refractivity contribution in [3.05, 3.63) is 41.6 Å². The van der Waals surface area contributed by atoms with Crippen molar-refractivity contribution >= 4 is 11.7 Å². The van der Waals surface area contributed by atoms with Gasteiger partial charge in [-0.05, 0) is 24.0 Å². The molecule has 0 atom stereocenters. The van der Waals surface area contributed by atoms with E-state index in [0.717, 1.165) is 11.3 Å². The summed E-state index contributed by atoms with van der Waals surface area (Å²) in [6.45, 7) is 8.41. The first-order chi connectivity index (χ1) is 10.3. The number of benzene rings is 1. The number of carbonyl (C=O) groups excluding carboxylic acids is 1. The molecule has 0 saturated heterocycles. The summed E-state index contributed by atoms with van der Waals surface area (Å²) in [7, 11) is 1.77. The molecule has 0 fully saturated rings. The predicted molar refractivity (Wildman–Crippen MR) is 87.2 cm³/mol. The Morgan fingerprint density at radius 1 is 1.32 bits per heavy atom. The van der Waals surface area contributed by atoms with Gasteiger partial charge in [-0.1, -0.05) is 38.5 Å². The van der Waals surface area contributed by atoms with Crippen LogP contribution in [-0.2, 0) is 17.3 Å². The van der Waals surface area contributed by atoms with Crippen LogP contribution in [0.1, 0.15) is 31.9 Å². The Labute approximate surface area is 131 Å². The molecule has 0 bridgehead atoms. The molecule has 0 spiro atoms. The molecule has 0 radical (unpaired) electrons. The third-order valence-electron chi connectivity index (χ3n) is 3.39. The van der Waals surface area contributed by atoms with E-state index in [2.05, 4.69) is 37.3 Å². The topological polar surface area (TPSA) is 56.1 Å². The van der Waals surface area contributed by atoms with Crippen LogP contribution in [0.4, 0.5) is 5.82 Å². The molecule has 1 aromatic carbocycles. The van der Waals surface area contributed by atoms with E-state index in [4.69, 9.17) is 4.74 Å². The van der Waals surface area contributed by atoms with Crippen LogP contribution in [0.15, 0.2) is 30.5 Å². The van der Waals surface area contributed by atoms with E-state index < -0.39 is 0 Å². The first kappa shape index (κ1) is 16.1. The molecule has 0 aliphatic rings. The molecule has 1 amide bonds. The van der Waals surface area contributed by atoms with Crippen LogP contribution in [0.2, 0.25) is 0 Å². The molecule has 2 rings (SSSR count). The van der Waals surface area contributed by atoms with Gasteiger partial charge in [-0.15, -0.1) is 0 Å². The van der Waals surface area contributed by atoms with E-state index in [1.165, 1.54) is 5.56 Å². The zero-order valence-corrected chi connectivity index (χ0v) is 13.8. The van der Waals surface area contributed by atoms with Gasteiger partial charge in [0.15, 0.2) is 6.61 Å². The SMILES string of the molecule is Cc1ccc(OCC(=O)Nc2ccnn2C)c(C(C)(C)C)c1. The standard InChI is InChI=1S/C17H23N3O2/c1-12-6-7-14(13(10-12)17(2,3)4)22-11-16(21)19-15-8-9-18-20(15)5/h6-10H,11H2,1-5H3,(H,19,21). The molecule has 0 unspecified atom stereocenters. The highest BCUT2D eigenvalue weighted by atomic mass is 16.5. The van der Waals surface area contributed by atoms with Crippen molar-refractivity contribution in [2.75, 3.05) is 11.9 Å². The molecule has 22 heavy (non-hydrogen) atoms. The second kappa shape index (κ2) is 6.22. The third kappa shape index (κ3) is 3.87. The largest absolute Gasteiger partial charge is 0.483 e. The number of amides is 1. The van der Waals surface area contributed by atoms with Crippen molar-refractivity contribution in [1.82, 2.24) is 9.78 Å². The molecule has 5 nitrogen and oxygen atoms in total. The normalized spacial score (nSPS) is 11.3. The van der Waals surface area contributed by atoms with Crippen LogP contribution in [0, 0.1) is 6.92 Å². The zero-order valence-electron chi connectivity index (χ0n) is 13.8. The van der Waals surface area contributed by atoms with Crippen molar-refractivity contribution in [1.29, 1.82) is 0 Å². The lowest BCUT2D eigenvalue weighted by Crippen LogP contribution is -2.23. The van der Waals surface area contributed by atoms with Gasteiger partial charge in [-0.2, -0.15) is 5.10 Å². The van der Waals surface area contributed by atoms with Gasteiger partial charge in [-0.25, -0.2) is 0 Å². The number of carbonyl (C=O) groups is 1. The number of aromatic nitrogens is 2. The lowest BCUT2D eigenvalue weighted by atomic mass is 9.85. The molecule has 0 saturated carbocycles. The summed E-state index contributed by atoms with van der Waals surface area (Å²) in [6.07, 6.45) is 1.63. The van der Waals surface area contributed by atoms with E-state index in [-0.39, 0.29) is 17.9 Å². The number of hydrogen-bond acceptors (Lipinski definition) is 3. The molecule has 0 aliphatic carbocycles. The number of anilines is 1. The fourth-order valence-corrected chi connectivity index (χ4v) is 2.17. The Bertz CT molecular complexity index is 669. The van der Waals surface area contributed by atoms with Gasteiger partial charge >= 0.3 is 0 Å². The summed E-state index contributed by atoms with van der Waals surface area (Å²) in [6, 6.07) is 7.76. The monoisotopic (exact) mass is 301 g/mol. The molecule has 2 aromatic rings. The van der Waals surface area contributed by atoms with Crippen LogP contribution in [0.25, 0.3) is 0 Å². The maximum Gasteiger partial charge on any atom is 0.263 e. The van der Waals surface area contributed by atoms with E-state index in [1.807, 2.05) is 19.1 Å². The second-order valence-electron chi connectivity index (χ2n) is 6.43. The third-order valence-corrected chi connectivity index (χ3v) is 3.39. The van der Waals surface area contributed by atoms with Crippen LogP contribution < -0.4 is 10.1 Å². The number of nitrogens with zero attached hydrogens (tertiary/aromatic N) is 2. The maximum atomic E-state index is 12.0. The van der Waals surface area contributed by atoms with Crippen molar-refractivity contribution in [3.63, 3.8) is 0 Å². The van der Waals surface area contributed by atoms with Crippen molar-refractivity contribution in [3.8, 4) is 5.75 Å². The van der Waals surface area contributed by atoms with E-state index in [9.17, 15) is 4.79 Å². The number of nitrogens with one attached hydrogen (secondary N) is 1. The van der Waals surface area contributed by atoms with Crippen LogP contribution in [-0.4, -0.2) is 22.3 Å². The molecule has 1 heterocycles. The second-order valence-corrected chi connectivity index (χ2v) is 6.43. The van der Waals surface area contributed by atoms with Crippen LogP contribution in [0.5, 0.6) is 5.75 Å². The van der Waals surface area contributed by atoms with Crippen LogP contribution >= 0.6 is 0 Å². The first-order valence-corrected chi connectivity index (χ1v) is 7.29. The Hall–Kier alpha value is -2.30. The van der Waals surface area contributed by atoms with Gasteiger partial charge in [0.05, 0.1) is 6.20 Å². The van der Waals surface area contributed by atoms with E-state index in [0.29, 0.717) is 5.82 Å². The number of aryl methyl sites for hydroxylation is 2. The quantitative estimate of drug-likeness (QED) is 0.944. The lowest BCUT2D eigenvalue weighted by molar-refractivity contribution is -0.118. The Balaban J connectivity index is 2.05. The summed E-state index contributed by atoms with van der Waals surface area (Å²) in [5.74, 6) is 1.19. The average molecular weight is 301 g/mol. The number of rotatable bonds is 4. The van der Waals surface area contributed by atoms with Gasteiger partial charge in [0.1, 0.15) is 11.6 Å².